The van der Waals surface area contributed by atoms with Crippen molar-refractivity contribution in [1.29, 1.82) is 0 Å². The minimum atomic E-state index is -4.11. The number of anilines is 1. The molecule has 2 aromatic rings. The van der Waals surface area contributed by atoms with Crippen molar-refractivity contribution in [2.75, 3.05) is 4.72 Å². The van der Waals surface area contributed by atoms with Crippen molar-refractivity contribution in [3.8, 4) is 0 Å². The summed E-state index contributed by atoms with van der Waals surface area (Å²) in [4.78, 5) is 22.2. The lowest BCUT2D eigenvalue weighted by Gasteiger charge is -2.20. The highest BCUT2D eigenvalue weighted by atomic mass is 35.5. The van der Waals surface area contributed by atoms with Crippen LogP contribution in [0.1, 0.15) is 36.7 Å². The Labute approximate surface area is 168 Å². The molecule has 0 radical (unpaired) electrons. The largest absolute Gasteiger partial charge is 0.347 e. The second kappa shape index (κ2) is 7.76. The summed E-state index contributed by atoms with van der Waals surface area (Å²) >= 11 is 5.94. The molecule has 28 heavy (non-hydrogen) atoms. The van der Waals surface area contributed by atoms with Crippen LogP contribution in [0.15, 0.2) is 41.3 Å². The van der Waals surface area contributed by atoms with E-state index in [1.54, 1.807) is 0 Å². The number of carbonyl (C=O) groups excluding carboxylic acids is 1. The third kappa shape index (κ3) is 5.20. The summed E-state index contributed by atoms with van der Waals surface area (Å²) < 4.78 is 27.5. The van der Waals surface area contributed by atoms with E-state index in [4.69, 9.17) is 11.6 Å². The minimum Gasteiger partial charge on any atom is -0.347 e. The fraction of sp³-hybridized carbons (Fsp3) is 0.278. The van der Waals surface area contributed by atoms with Gasteiger partial charge in [0.25, 0.3) is 21.6 Å². The number of nitrogens with zero attached hydrogens (tertiary/aromatic N) is 1. The van der Waals surface area contributed by atoms with Gasteiger partial charge in [-0.1, -0.05) is 11.6 Å². The maximum absolute atomic E-state index is 12.6. The van der Waals surface area contributed by atoms with Gasteiger partial charge in [0, 0.05) is 28.4 Å². The highest BCUT2D eigenvalue weighted by Gasteiger charge is 2.23. The van der Waals surface area contributed by atoms with Crippen LogP contribution in [0, 0.1) is 17.0 Å². The Kier molecular flexibility index (Phi) is 6.00. The van der Waals surface area contributed by atoms with E-state index in [9.17, 15) is 23.3 Å². The molecule has 0 saturated carbocycles. The van der Waals surface area contributed by atoms with Gasteiger partial charge in [0.05, 0.1) is 14.8 Å². The van der Waals surface area contributed by atoms with Gasteiger partial charge in [-0.2, -0.15) is 0 Å². The average molecular weight is 426 g/mol. The molecule has 0 saturated heterocycles. The van der Waals surface area contributed by atoms with Crippen LogP contribution in [0.4, 0.5) is 11.4 Å². The van der Waals surface area contributed by atoms with E-state index in [0.29, 0.717) is 5.56 Å². The molecule has 0 fully saturated rings. The van der Waals surface area contributed by atoms with Gasteiger partial charge < -0.3 is 5.32 Å². The first-order valence-electron chi connectivity index (χ1n) is 8.20. The van der Waals surface area contributed by atoms with Crippen molar-refractivity contribution in [3.05, 3.63) is 62.7 Å². The summed E-state index contributed by atoms with van der Waals surface area (Å²) in [6.07, 6.45) is 0. The Balaban J connectivity index is 2.28. The number of hydrogen-bond donors (Lipinski definition) is 2. The molecule has 0 aliphatic carbocycles. The third-order valence-corrected chi connectivity index (χ3v) is 5.44. The fourth-order valence-corrected chi connectivity index (χ4v) is 3.68. The highest BCUT2D eigenvalue weighted by Crippen LogP contribution is 2.30. The van der Waals surface area contributed by atoms with Crippen molar-refractivity contribution >= 4 is 38.9 Å². The summed E-state index contributed by atoms with van der Waals surface area (Å²) in [5.41, 5.74) is -0.0445. The van der Waals surface area contributed by atoms with Crippen LogP contribution in [-0.2, 0) is 10.0 Å². The van der Waals surface area contributed by atoms with Gasteiger partial charge in [-0.15, -0.1) is 0 Å². The number of nitro groups is 1. The summed E-state index contributed by atoms with van der Waals surface area (Å²) in [6.45, 7) is 6.98. The van der Waals surface area contributed by atoms with Gasteiger partial charge in [0.15, 0.2) is 0 Å². The highest BCUT2D eigenvalue weighted by molar-refractivity contribution is 7.92. The molecular weight excluding hydrogens is 406 g/mol. The zero-order valence-electron chi connectivity index (χ0n) is 15.7. The first-order valence-corrected chi connectivity index (χ1v) is 10.1. The number of benzene rings is 2. The molecule has 0 aliphatic rings. The molecule has 1 amide bonds. The molecule has 10 heteroatoms. The van der Waals surface area contributed by atoms with E-state index in [2.05, 4.69) is 10.0 Å². The van der Waals surface area contributed by atoms with Crippen molar-refractivity contribution in [3.63, 3.8) is 0 Å². The number of halogens is 1. The molecule has 0 bridgehead atoms. The second-order valence-corrected chi connectivity index (χ2v) is 9.28. The molecule has 0 unspecified atom stereocenters. The number of nitrogens with one attached hydrogen (secondary N) is 2. The summed E-state index contributed by atoms with van der Waals surface area (Å²) in [5.74, 6) is -0.289. The van der Waals surface area contributed by atoms with E-state index in [0.717, 1.165) is 12.1 Å². The van der Waals surface area contributed by atoms with Crippen molar-refractivity contribution in [2.45, 2.75) is 38.1 Å². The normalized spacial score (nSPS) is 11.8. The Morgan fingerprint density at radius 3 is 2.21 bits per heavy atom. The summed E-state index contributed by atoms with van der Waals surface area (Å²) in [7, 11) is -4.11. The molecular formula is C18H20ClN3O5S. The number of hydrogen-bond acceptors (Lipinski definition) is 5. The molecule has 0 aromatic heterocycles. The zero-order chi connectivity index (χ0) is 21.3. The maximum Gasteiger partial charge on any atom is 0.275 e. The SMILES string of the molecule is Cc1c(Cl)cc(S(=O)(=O)Nc2ccc(C(=O)NC(C)(C)C)cc2)cc1[N+](=O)[O-]. The maximum atomic E-state index is 12.6. The Morgan fingerprint density at radius 2 is 1.71 bits per heavy atom. The molecule has 2 aromatic carbocycles. The summed E-state index contributed by atoms with van der Waals surface area (Å²) in [6, 6.07) is 7.91. The standard InChI is InChI=1S/C18H20ClN3O5S/c1-11-15(19)9-14(10-16(11)22(24)25)28(26,27)21-13-7-5-12(6-8-13)17(23)20-18(2,3)4/h5-10,21H,1-4H3,(H,20,23). The predicted molar refractivity (Wildman–Crippen MR) is 107 cm³/mol. The quantitative estimate of drug-likeness (QED) is 0.556. The minimum absolute atomic E-state index is 0.0243. The number of nitro benzene ring substituents is 1. The van der Waals surface area contributed by atoms with Crippen LogP contribution >= 0.6 is 11.6 Å². The van der Waals surface area contributed by atoms with Crippen LogP contribution in [0.3, 0.4) is 0 Å². The van der Waals surface area contributed by atoms with Crippen molar-refractivity contribution in [1.82, 2.24) is 5.32 Å². The molecule has 150 valence electrons. The van der Waals surface area contributed by atoms with Crippen LogP contribution in [0.25, 0.3) is 0 Å². The van der Waals surface area contributed by atoms with Gasteiger partial charge in [-0.25, -0.2) is 8.42 Å². The van der Waals surface area contributed by atoms with E-state index in [-0.39, 0.29) is 32.8 Å². The monoisotopic (exact) mass is 425 g/mol. The smallest absolute Gasteiger partial charge is 0.275 e. The lowest BCUT2D eigenvalue weighted by Crippen LogP contribution is -2.40. The fourth-order valence-electron chi connectivity index (χ4n) is 2.30. The van der Waals surface area contributed by atoms with Gasteiger partial charge in [-0.05, 0) is 58.0 Å². The van der Waals surface area contributed by atoms with Crippen molar-refractivity contribution < 1.29 is 18.1 Å². The van der Waals surface area contributed by atoms with Crippen LogP contribution in [0.5, 0.6) is 0 Å². The molecule has 0 atom stereocenters. The molecule has 8 nitrogen and oxygen atoms in total. The zero-order valence-corrected chi connectivity index (χ0v) is 17.3. The second-order valence-electron chi connectivity index (χ2n) is 7.19. The van der Waals surface area contributed by atoms with Gasteiger partial charge >= 0.3 is 0 Å². The molecule has 2 N–H and O–H groups in total. The van der Waals surface area contributed by atoms with Crippen molar-refractivity contribution in [2.24, 2.45) is 0 Å². The number of rotatable bonds is 5. The van der Waals surface area contributed by atoms with Gasteiger partial charge in [0.2, 0.25) is 0 Å². The van der Waals surface area contributed by atoms with Gasteiger partial charge in [0.1, 0.15) is 0 Å². The Hall–Kier alpha value is -2.65. The Morgan fingerprint density at radius 1 is 1.14 bits per heavy atom. The first kappa shape index (κ1) is 21.6. The van der Waals surface area contributed by atoms with E-state index < -0.39 is 20.5 Å². The Bertz CT molecular complexity index is 1030. The average Bonchev–Trinajstić information content (AvgIpc) is 2.55. The molecule has 2 rings (SSSR count). The van der Waals surface area contributed by atoms with Crippen LogP contribution < -0.4 is 10.0 Å². The molecule has 0 spiro atoms. The molecule has 0 heterocycles. The lowest BCUT2D eigenvalue weighted by atomic mass is 10.1. The summed E-state index contributed by atoms with van der Waals surface area (Å²) in [5, 5.41) is 13.9. The number of sulfonamides is 1. The predicted octanol–water partition coefficient (Wildman–Crippen LogP) is 3.89. The lowest BCUT2D eigenvalue weighted by molar-refractivity contribution is -0.385. The molecule has 0 aliphatic heterocycles. The first-order chi connectivity index (χ1) is 12.8. The van der Waals surface area contributed by atoms with Crippen LogP contribution in [-0.4, -0.2) is 24.8 Å². The van der Waals surface area contributed by atoms with E-state index in [1.807, 2.05) is 20.8 Å². The number of amides is 1. The topological polar surface area (TPSA) is 118 Å². The van der Waals surface area contributed by atoms with Gasteiger partial charge in [-0.3, -0.25) is 19.6 Å². The van der Waals surface area contributed by atoms with Crippen LogP contribution in [0.2, 0.25) is 5.02 Å². The van der Waals surface area contributed by atoms with E-state index >= 15 is 0 Å². The van der Waals surface area contributed by atoms with E-state index in [1.165, 1.54) is 31.2 Å². The number of carbonyl (C=O) groups is 1. The third-order valence-electron chi connectivity index (χ3n) is 3.69.